The smallest absolute Gasteiger partial charge is 0.191 e. The number of benzene rings is 1. The van der Waals surface area contributed by atoms with Crippen LogP contribution in [0.3, 0.4) is 0 Å². The zero-order chi connectivity index (χ0) is 20.6. The summed E-state index contributed by atoms with van der Waals surface area (Å²) in [5, 5.41) is 6.72. The Balaban J connectivity index is 0.00000320. The van der Waals surface area contributed by atoms with E-state index in [1.54, 1.807) is 0 Å². The third kappa shape index (κ3) is 6.82. The summed E-state index contributed by atoms with van der Waals surface area (Å²) in [6.07, 6.45) is 6.73. The molecule has 0 amide bonds. The Morgan fingerprint density at radius 2 is 2.13 bits per heavy atom. The molecule has 30 heavy (non-hydrogen) atoms. The number of hydrogen-bond donors (Lipinski definition) is 2. The number of aryl methyl sites for hydroxylation is 2. The van der Waals surface area contributed by atoms with Gasteiger partial charge in [-0.3, -0.25) is 4.99 Å². The first kappa shape index (κ1) is 24.4. The molecule has 1 aliphatic heterocycles. The summed E-state index contributed by atoms with van der Waals surface area (Å²) in [4.78, 5) is 10.9. The maximum atomic E-state index is 14.0. The molecule has 0 spiro atoms. The minimum atomic E-state index is -0.551. The molecule has 1 aromatic heterocycles. The van der Waals surface area contributed by atoms with E-state index in [1.165, 1.54) is 12.1 Å². The van der Waals surface area contributed by atoms with Crippen molar-refractivity contribution in [3.8, 4) is 0 Å². The van der Waals surface area contributed by atoms with Crippen LogP contribution in [0.15, 0.2) is 35.6 Å². The molecule has 3 rings (SSSR count). The van der Waals surface area contributed by atoms with Gasteiger partial charge in [-0.15, -0.1) is 24.0 Å². The molecule has 6 nitrogen and oxygen atoms in total. The average Bonchev–Trinajstić information content (AvgIpc) is 3.31. The van der Waals surface area contributed by atoms with Crippen molar-refractivity contribution in [1.82, 2.24) is 20.2 Å². The number of anilines is 1. The first-order valence-corrected chi connectivity index (χ1v) is 10.3. The summed E-state index contributed by atoms with van der Waals surface area (Å²) in [7, 11) is 0. The van der Waals surface area contributed by atoms with Gasteiger partial charge in [0.05, 0.1) is 5.69 Å². The van der Waals surface area contributed by atoms with E-state index >= 15 is 0 Å². The SMILES string of the molecule is CCNC(=NCCCCn1ccnc1C)NC1CCN(c2ccc(F)cc2F)C1.I. The van der Waals surface area contributed by atoms with Gasteiger partial charge in [-0.2, -0.15) is 0 Å². The minimum Gasteiger partial charge on any atom is -0.367 e. The van der Waals surface area contributed by atoms with Gasteiger partial charge in [-0.1, -0.05) is 0 Å². The molecule has 0 aliphatic carbocycles. The van der Waals surface area contributed by atoms with Crippen LogP contribution in [0.4, 0.5) is 14.5 Å². The van der Waals surface area contributed by atoms with Crippen molar-refractivity contribution in [2.45, 2.75) is 45.7 Å². The number of nitrogens with zero attached hydrogens (tertiary/aromatic N) is 4. The highest BCUT2D eigenvalue weighted by molar-refractivity contribution is 14.0. The van der Waals surface area contributed by atoms with Crippen molar-refractivity contribution in [3.05, 3.63) is 48.1 Å². The summed E-state index contributed by atoms with van der Waals surface area (Å²) in [5.41, 5.74) is 0.451. The summed E-state index contributed by atoms with van der Waals surface area (Å²) in [5.74, 6) is 0.758. The second-order valence-corrected chi connectivity index (χ2v) is 7.31. The first-order valence-electron chi connectivity index (χ1n) is 10.3. The Hall–Kier alpha value is -1.91. The van der Waals surface area contributed by atoms with Gasteiger partial charge in [-0.25, -0.2) is 13.8 Å². The maximum Gasteiger partial charge on any atom is 0.191 e. The Morgan fingerprint density at radius 3 is 2.83 bits per heavy atom. The summed E-state index contributed by atoms with van der Waals surface area (Å²) < 4.78 is 29.3. The van der Waals surface area contributed by atoms with Gasteiger partial charge in [0.2, 0.25) is 0 Å². The van der Waals surface area contributed by atoms with Gasteiger partial charge in [0, 0.05) is 57.2 Å². The molecular formula is C21H31F2IN6. The van der Waals surface area contributed by atoms with E-state index in [0.717, 1.165) is 63.3 Å². The zero-order valence-electron chi connectivity index (χ0n) is 17.6. The Kier molecular flexibility index (Phi) is 9.80. The number of halogens is 3. The largest absolute Gasteiger partial charge is 0.367 e. The number of rotatable bonds is 8. The highest BCUT2D eigenvalue weighted by Gasteiger charge is 2.25. The molecular weight excluding hydrogens is 501 g/mol. The van der Waals surface area contributed by atoms with E-state index in [1.807, 2.05) is 31.1 Å². The van der Waals surface area contributed by atoms with E-state index in [4.69, 9.17) is 0 Å². The van der Waals surface area contributed by atoms with Gasteiger partial charge in [0.1, 0.15) is 17.5 Å². The van der Waals surface area contributed by atoms with Crippen LogP contribution in [0.1, 0.15) is 32.0 Å². The van der Waals surface area contributed by atoms with Crippen LogP contribution in [0.5, 0.6) is 0 Å². The van der Waals surface area contributed by atoms with Crippen molar-refractivity contribution in [1.29, 1.82) is 0 Å². The fourth-order valence-corrected chi connectivity index (χ4v) is 3.57. The Labute approximate surface area is 194 Å². The van der Waals surface area contributed by atoms with Crippen molar-refractivity contribution in [3.63, 3.8) is 0 Å². The lowest BCUT2D eigenvalue weighted by molar-refractivity contribution is 0.580. The summed E-state index contributed by atoms with van der Waals surface area (Å²) in [6, 6.07) is 3.92. The molecule has 1 aliphatic rings. The standard InChI is InChI=1S/C21H30F2N6.HI/c1-3-24-21(26-9-4-5-11-28-13-10-25-16(28)2)27-18-8-12-29(15-18)20-7-6-17(22)14-19(20)23;/h6-7,10,13-14,18H,3-5,8-9,11-12,15H2,1-2H3,(H2,24,26,27);1H. The predicted molar refractivity (Wildman–Crippen MR) is 128 cm³/mol. The molecule has 166 valence electrons. The number of nitrogens with one attached hydrogen (secondary N) is 2. The molecule has 0 saturated carbocycles. The fourth-order valence-electron chi connectivity index (χ4n) is 3.57. The van der Waals surface area contributed by atoms with Crippen molar-refractivity contribution in [2.24, 2.45) is 4.99 Å². The van der Waals surface area contributed by atoms with E-state index in [-0.39, 0.29) is 30.0 Å². The Bertz CT molecular complexity index is 826. The minimum absolute atomic E-state index is 0. The van der Waals surface area contributed by atoms with Crippen LogP contribution in [0.25, 0.3) is 0 Å². The van der Waals surface area contributed by atoms with E-state index in [0.29, 0.717) is 12.2 Å². The number of hydrogen-bond acceptors (Lipinski definition) is 3. The zero-order valence-corrected chi connectivity index (χ0v) is 19.9. The second kappa shape index (κ2) is 12.1. The highest BCUT2D eigenvalue weighted by atomic mass is 127. The predicted octanol–water partition coefficient (Wildman–Crippen LogP) is 3.70. The Morgan fingerprint density at radius 1 is 1.30 bits per heavy atom. The van der Waals surface area contributed by atoms with Crippen LogP contribution >= 0.6 is 24.0 Å². The van der Waals surface area contributed by atoms with Crippen molar-refractivity contribution in [2.75, 3.05) is 31.1 Å². The monoisotopic (exact) mass is 532 g/mol. The van der Waals surface area contributed by atoms with Crippen LogP contribution in [0.2, 0.25) is 0 Å². The molecule has 2 aromatic rings. The number of aromatic nitrogens is 2. The quantitative estimate of drug-likeness (QED) is 0.236. The maximum absolute atomic E-state index is 14.0. The van der Waals surface area contributed by atoms with Crippen LogP contribution in [-0.4, -0.2) is 47.7 Å². The topological polar surface area (TPSA) is 57.5 Å². The van der Waals surface area contributed by atoms with Gasteiger partial charge in [0.15, 0.2) is 5.96 Å². The number of unbranched alkanes of at least 4 members (excludes halogenated alkanes) is 1. The number of imidazole rings is 1. The molecule has 1 aromatic carbocycles. The third-order valence-corrected chi connectivity index (χ3v) is 5.12. The molecule has 2 heterocycles. The summed E-state index contributed by atoms with van der Waals surface area (Å²) >= 11 is 0. The van der Waals surface area contributed by atoms with Gasteiger partial charge >= 0.3 is 0 Å². The lowest BCUT2D eigenvalue weighted by atomic mass is 10.2. The lowest BCUT2D eigenvalue weighted by Gasteiger charge is -2.21. The fraction of sp³-hybridized carbons (Fsp3) is 0.524. The molecule has 1 unspecified atom stereocenters. The van der Waals surface area contributed by atoms with Crippen LogP contribution in [0, 0.1) is 18.6 Å². The van der Waals surface area contributed by atoms with Crippen molar-refractivity contribution >= 4 is 35.6 Å². The van der Waals surface area contributed by atoms with E-state index in [2.05, 4.69) is 25.2 Å². The molecule has 1 atom stereocenters. The molecule has 9 heteroatoms. The first-order chi connectivity index (χ1) is 14.1. The normalized spacial score (nSPS) is 16.5. The second-order valence-electron chi connectivity index (χ2n) is 7.31. The number of aliphatic imine (C=N–C) groups is 1. The average molecular weight is 532 g/mol. The molecule has 0 bridgehead atoms. The van der Waals surface area contributed by atoms with Gasteiger partial charge in [0.25, 0.3) is 0 Å². The molecule has 2 N–H and O–H groups in total. The van der Waals surface area contributed by atoms with Crippen LogP contribution in [-0.2, 0) is 6.54 Å². The van der Waals surface area contributed by atoms with Crippen LogP contribution < -0.4 is 15.5 Å². The van der Waals surface area contributed by atoms with Gasteiger partial charge in [-0.05, 0) is 45.2 Å². The molecule has 1 saturated heterocycles. The molecule has 0 radical (unpaired) electrons. The van der Waals surface area contributed by atoms with E-state index < -0.39 is 11.6 Å². The third-order valence-electron chi connectivity index (χ3n) is 5.12. The van der Waals surface area contributed by atoms with Gasteiger partial charge < -0.3 is 20.1 Å². The van der Waals surface area contributed by atoms with Crippen molar-refractivity contribution < 1.29 is 8.78 Å². The van der Waals surface area contributed by atoms with E-state index in [9.17, 15) is 8.78 Å². The molecule has 1 fully saturated rings. The number of guanidine groups is 1. The lowest BCUT2D eigenvalue weighted by Crippen LogP contribution is -2.44. The highest BCUT2D eigenvalue weighted by Crippen LogP contribution is 2.24. The summed E-state index contributed by atoms with van der Waals surface area (Å²) in [6.45, 7) is 7.90.